The van der Waals surface area contributed by atoms with Crippen LogP contribution in [0.1, 0.15) is 124 Å². The third-order valence-corrected chi connectivity index (χ3v) is 12.9. The number of nitrogen functional groups attached to an aromatic ring is 1. The summed E-state index contributed by atoms with van der Waals surface area (Å²) in [5.41, 5.74) is 16.9. The molecule has 3 atom stereocenters. The summed E-state index contributed by atoms with van der Waals surface area (Å²) in [4.78, 5) is 97.3. The number of carboxylic acid groups (broad SMARTS) is 1. The summed E-state index contributed by atoms with van der Waals surface area (Å²) in [6.45, 7) is 13.9. The quantitative estimate of drug-likeness (QED) is 0.0169. The van der Waals surface area contributed by atoms with Gasteiger partial charge in [-0.2, -0.15) is 0 Å². The highest BCUT2D eigenvalue weighted by atomic mass is 16.6. The average molecular weight is 1120 g/mol. The van der Waals surface area contributed by atoms with E-state index in [1.807, 2.05) is 13.8 Å². The molecule has 1 saturated carbocycles. The van der Waals surface area contributed by atoms with Crippen LogP contribution >= 0.6 is 0 Å². The highest BCUT2D eigenvalue weighted by molar-refractivity contribution is 5.99. The molecule has 1 aliphatic carbocycles. The Morgan fingerprint density at radius 1 is 0.825 bits per heavy atom. The number of carboxylic acids is 1. The number of aromatic nitrogens is 4. The Labute approximate surface area is 466 Å². The number of ether oxygens (including phenoxy) is 5. The van der Waals surface area contributed by atoms with Crippen LogP contribution in [-0.2, 0) is 67.3 Å². The minimum atomic E-state index is -1.31. The third-order valence-electron chi connectivity index (χ3n) is 12.9. The van der Waals surface area contributed by atoms with E-state index < -0.39 is 66.2 Å². The van der Waals surface area contributed by atoms with E-state index in [1.54, 1.807) is 38.1 Å². The summed E-state index contributed by atoms with van der Waals surface area (Å²) in [6, 6.07) is 3.08. The first-order chi connectivity index (χ1) is 38.4. The Kier molecular flexibility index (Phi) is 28.8. The fourth-order valence-corrected chi connectivity index (χ4v) is 8.57. The molecule has 1 fully saturated rings. The Morgan fingerprint density at radius 3 is 2.15 bits per heavy atom. The number of carbonyl (C=O) groups excluding carboxylic acids is 6. The zero-order valence-corrected chi connectivity index (χ0v) is 47.0. The van der Waals surface area contributed by atoms with Crippen LogP contribution in [0.25, 0.3) is 21.5 Å². The lowest BCUT2D eigenvalue weighted by molar-refractivity contribution is -0.138. The van der Waals surface area contributed by atoms with E-state index in [9.17, 15) is 38.7 Å². The van der Waals surface area contributed by atoms with Crippen LogP contribution in [0.2, 0.25) is 0 Å². The molecule has 80 heavy (non-hydrogen) atoms. The Hall–Kier alpha value is -7.35. The van der Waals surface area contributed by atoms with Gasteiger partial charge in [-0.3, -0.25) is 28.8 Å². The second-order valence-electron chi connectivity index (χ2n) is 20.1. The maximum Gasteiger partial charge on any atom is 0.407 e. The van der Waals surface area contributed by atoms with E-state index in [2.05, 4.69) is 63.6 Å². The molecule has 27 heteroatoms. The number of hydrogen-bond donors (Lipinski definition) is 8. The summed E-state index contributed by atoms with van der Waals surface area (Å²) in [5, 5.41) is 37.2. The van der Waals surface area contributed by atoms with Crippen molar-refractivity contribution in [1.29, 1.82) is 0 Å². The van der Waals surface area contributed by atoms with Crippen molar-refractivity contribution in [3.63, 3.8) is 0 Å². The number of fused-ring (bicyclic) bond motifs is 1. The number of rotatable bonds is 37. The van der Waals surface area contributed by atoms with Crippen molar-refractivity contribution in [2.45, 2.75) is 162 Å². The van der Waals surface area contributed by atoms with E-state index in [0.29, 0.717) is 68.1 Å². The lowest BCUT2D eigenvalue weighted by Crippen LogP contribution is -2.57. The molecule has 2 aromatic heterocycles. The van der Waals surface area contributed by atoms with Gasteiger partial charge in [0.2, 0.25) is 29.5 Å². The number of carbonyl (C=O) groups is 7. The maximum absolute atomic E-state index is 13.5. The van der Waals surface area contributed by atoms with Crippen LogP contribution < -0.4 is 42.4 Å². The van der Waals surface area contributed by atoms with Gasteiger partial charge < -0.3 is 71.0 Å². The number of nitrogens with zero attached hydrogens (tertiary/aromatic N) is 7. The smallest absolute Gasteiger partial charge is 0.407 e. The summed E-state index contributed by atoms with van der Waals surface area (Å²) in [7, 11) is 0. The standard InChI is InChI=1S/C53H82N14O13/c1-7-8-10-41-62-46-47(52(80-34(4)5)65-64-48(46)54)67(41)31-36-13-17-39(18-14-36)60-53(75)79-32-37-15-19-38(20-16-37)59-49(72)35(6)58-51(74)45(33(2)3)63-50(73)40(21-22-44(70)71)61-43(69)12-9-11-42(68)56-23-25-76-27-29-78-30-28-77-26-24-57-66-55/h15-16,19-20,33-36,39-40,45H,7-14,17-18,21-32H2,1-6H3,(H2,54,64)(H,56,68)(H,58,74)(H,59,72)(H,60,75)(H,61,69)(H,63,73)(H,70,71)/t35-,36?,39?,40-,45-/m0/s1. The highest BCUT2D eigenvalue weighted by Crippen LogP contribution is 2.33. The number of benzene rings is 1. The van der Waals surface area contributed by atoms with Gasteiger partial charge in [-0.1, -0.05) is 44.4 Å². The summed E-state index contributed by atoms with van der Waals surface area (Å²) < 4.78 is 29.8. The van der Waals surface area contributed by atoms with E-state index >= 15 is 0 Å². The number of anilines is 2. The van der Waals surface area contributed by atoms with Gasteiger partial charge in [-0.15, -0.1) is 10.2 Å². The first-order valence-electron chi connectivity index (χ1n) is 27.5. The number of alkyl carbamates (subject to hydrolysis) is 1. The van der Waals surface area contributed by atoms with E-state index in [4.69, 9.17) is 39.9 Å². The van der Waals surface area contributed by atoms with Crippen molar-refractivity contribution in [2.75, 3.05) is 63.8 Å². The van der Waals surface area contributed by atoms with Gasteiger partial charge in [0.1, 0.15) is 41.6 Å². The van der Waals surface area contributed by atoms with Gasteiger partial charge in [-0.25, -0.2) is 9.78 Å². The largest absolute Gasteiger partial charge is 0.481 e. The molecule has 442 valence electrons. The van der Waals surface area contributed by atoms with Crippen molar-refractivity contribution < 1.29 is 62.4 Å². The van der Waals surface area contributed by atoms with Crippen molar-refractivity contribution >= 4 is 64.1 Å². The fourth-order valence-electron chi connectivity index (χ4n) is 8.57. The zero-order chi connectivity index (χ0) is 58.4. The third kappa shape index (κ3) is 23.5. The molecule has 0 bridgehead atoms. The maximum atomic E-state index is 13.5. The minimum absolute atomic E-state index is 0.00632. The molecule has 0 aliphatic heterocycles. The van der Waals surface area contributed by atoms with Gasteiger partial charge in [-0.05, 0) is 101 Å². The Morgan fingerprint density at radius 2 is 1.50 bits per heavy atom. The van der Waals surface area contributed by atoms with Crippen LogP contribution in [0.5, 0.6) is 5.88 Å². The molecular formula is C53H82N14O13. The van der Waals surface area contributed by atoms with Gasteiger partial charge >= 0.3 is 12.1 Å². The minimum Gasteiger partial charge on any atom is -0.481 e. The van der Waals surface area contributed by atoms with Crippen molar-refractivity contribution in [2.24, 2.45) is 17.0 Å². The molecule has 9 N–H and O–H groups in total. The topological polar surface area (TPSA) is 376 Å². The number of nitrogens with two attached hydrogens (primary N) is 1. The second kappa shape index (κ2) is 35.3. The van der Waals surface area contributed by atoms with E-state index in [1.165, 1.54) is 6.92 Å². The summed E-state index contributed by atoms with van der Waals surface area (Å²) in [6.07, 6.45) is 4.72. The number of nitrogens with one attached hydrogen (secondary N) is 6. The molecule has 2 heterocycles. The van der Waals surface area contributed by atoms with Crippen LogP contribution in [-0.4, -0.2) is 149 Å². The van der Waals surface area contributed by atoms with Crippen LogP contribution in [0.15, 0.2) is 29.4 Å². The van der Waals surface area contributed by atoms with Gasteiger partial charge in [0.15, 0.2) is 5.82 Å². The number of imidazole rings is 1. The zero-order valence-electron chi connectivity index (χ0n) is 47.0. The fraction of sp³-hybridized carbons (Fsp3) is 0.660. The predicted molar refractivity (Wildman–Crippen MR) is 295 cm³/mol. The number of amides is 6. The highest BCUT2D eigenvalue weighted by Gasteiger charge is 2.31. The SMILES string of the molecule is CCCCc1nc2c(N)nnc(OC(C)C)c2n1CC1CCC(NC(=O)OCc2ccc(NC(=O)[C@H](C)NC(=O)[C@@H](NC(=O)[C@H](CCC(=O)O)NC(=O)CCCC(=O)NCCOCCOCCOCCN=[N+]=[N-])C(C)C)cc2)CC1. The van der Waals surface area contributed by atoms with Crippen LogP contribution in [0.3, 0.4) is 0 Å². The first kappa shape index (κ1) is 65.2. The Balaban J connectivity index is 1.16. The predicted octanol–water partition coefficient (Wildman–Crippen LogP) is 4.60. The van der Waals surface area contributed by atoms with Crippen molar-refractivity contribution in [3.05, 3.63) is 46.1 Å². The molecule has 1 aromatic carbocycles. The molecule has 0 saturated heterocycles. The van der Waals surface area contributed by atoms with Gasteiger partial charge in [0.05, 0.1) is 45.7 Å². The molecule has 27 nitrogen and oxygen atoms in total. The lowest BCUT2D eigenvalue weighted by atomic mass is 9.86. The molecule has 0 radical (unpaired) electrons. The average Bonchev–Trinajstić information content (AvgIpc) is 3.80. The summed E-state index contributed by atoms with van der Waals surface area (Å²) >= 11 is 0. The molecule has 0 spiro atoms. The molecule has 4 rings (SSSR count). The number of unbranched alkanes of at least 4 members (excludes halogenated alkanes) is 1. The molecule has 6 amide bonds. The lowest BCUT2D eigenvalue weighted by Gasteiger charge is -2.29. The molecule has 3 aromatic rings. The first-order valence-corrected chi connectivity index (χ1v) is 27.5. The van der Waals surface area contributed by atoms with Crippen LogP contribution in [0.4, 0.5) is 16.3 Å². The van der Waals surface area contributed by atoms with Crippen LogP contribution in [0, 0.1) is 11.8 Å². The number of aryl methyl sites for hydroxylation is 1. The second-order valence-corrected chi connectivity index (χ2v) is 20.1. The van der Waals surface area contributed by atoms with Crippen molar-refractivity contribution in [3.8, 4) is 5.88 Å². The number of aliphatic carboxylic acids is 1. The van der Waals surface area contributed by atoms with E-state index in [0.717, 1.165) is 56.3 Å². The van der Waals surface area contributed by atoms with Gasteiger partial charge in [0, 0.05) is 62.0 Å². The van der Waals surface area contributed by atoms with Crippen molar-refractivity contribution in [1.82, 2.24) is 46.3 Å². The summed E-state index contributed by atoms with van der Waals surface area (Å²) in [5.74, 6) is -2.68. The molecular weight excluding hydrogens is 1040 g/mol. The van der Waals surface area contributed by atoms with E-state index in [-0.39, 0.29) is 75.9 Å². The molecule has 0 unspecified atom stereocenters. The van der Waals surface area contributed by atoms with Gasteiger partial charge in [0.25, 0.3) is 5.88 Å². The monoisotopic (exact) mass is 1120 g/mol. The Bertz CT molecular complexity index is 2510. The number of azide groups is 1. The molecule has 1 aliphatic rings. The number of hydrogen-bond acceptors (Lipinski definition) is 17. The normalized spacial score (nSPS) is 15.2.